The van der Waals surface area contributed by atoms with Crippen molar-refractivity contribution in [1.29, 1.82) is 0 Å². The normalized spacial score (nSPS) is 11.1. The van der Waals surface area contributed by atoms with E-state index >= 15 is 0 Å². The first-order valence-electron chi connectivity index (χ1n) is 10.5. The summed E-state index contributed by atoms with van der Waals surface area (Å²) in [5.41, 5.74) is 3.75. The highest BCUT2D eigenvalue weighted by atomic mass is 16.5. The fourth-order valence-electron chi connectivity index (χ4n) is 3.79. The summed E-state index contributed by atoms with van der Waals surface area (Å²) in [5.74, 6) is 0.896. The molecule has 0 saturated carbocycles. The third kappa shape index (κ3) is 3.75. The highest BCUT2D eigenvalue weighted by Gasteiger charge is 2.16. The van der Waals surface area contributed by atoms with Crippen LogP contribution in [0.25, 0.3) is 22.4 Å². The van der Waals surface area contributed by atoms with Crippen molar-refractivity contribution >= 4 is 22.8 Å². The van der Waals surface area contributed by atoms with Crippen LogP contribution in [0.2, 0.25) is 0 Å². The summed E-state index contributed by atoms with van der Waals surface area (Å²) in [6, 6.07) is 14.9. The van der Waals surface area contributed by atoms with E-state index in [-0.39, 0.29) is 6.54 Å². The number of amides is 1. The van der Waals surface area contributed by atoms with Crippen LogP contribution in [-0.4, -0.2) is 43.9 Å². The fourth-order valence-corrected chi connectivity index (χ4v) is 3.79. The van der Waals surface area contributed by atoms with Crippen LogP contribution in [0, 0.1) is 6.92 Å². The fraction of sp³-hybridized carbons (Fsp3) is 0.167. The van der Waals surface area contributed by atoms with Crippen LogP contribution >= 0.6 is 0 Å². The van der Waals surface area contributed by atoms with Gasteiger partial charge in [0.05, 0.1) is 25.6 Å². The van der Waals surface area contributed by atoms with Crippen LogP contribution in [0.4, 0.5) is 5.69 Å². The Bertz CT molecular complexity index is 1580. The first-order valence-corrected chi connectivity index (χ1v) is 10.5. The standard InChI is InChI=1S/C24H22N6O4/c1-15-4-9-21(34-3)19(12-15)25-22(31)14-30-24(32)28-10-11-29-20(23(28)27-30)13-18(26-29)16-5-7-17(33-2)8-6-16/h4-13H,14H2,1-3H3,(H,25,31). The van der Waals surface area contributed by atoms with Crippen LogP contribution in [-0.2, 0) is 11.3 Å². The lowest BCUT2D eigenvalue weighted by atomic mass is 10.1. The first-order chi connectivity index (χ1) is 16.5. The van der Waals surface area contributed by atoms with Crippen LogP contribution in [0.5, 0.6) is 11.5 Å². The Morgan fingerprint density at radius 3 is 2.53 bits per heavy atom. The quantitative estimate of drug-likeness (QED) is 0.420. The van der Waals surface area contributed by atoms with Crippen molar-refractivity contribution in [3.05, 3.63) is 77.0 Å². The number of anilines is 1. The highest BCUT2D eigenvalue weighted by molar-refractivity contribution is 5.92. The number of hydrogen-bond acceptors (Lipinski definition) is 6. The van der Waals surface area contributed by atoms with Gasteiger partial charge in [-0.2, -0.15) is 5.10 Å². The Morgan fingerprint density at radius 2 is 1.79 bits per heavy atom. The molecule has 5 rings (SSSR count). The third-order valence-corrected chi connectivity index (χ3v) is 5.50. The lowest BCUT2D eigenvalue weighted by Crippen LogP contribution is -2.28. The largest absolute Gasteiger partial charge is 0.497 e. The summed E-state index contributed by atoms with van der Waals surface area (Å²) in [6.07, 6.45) is 3.26. The summed E-state index contributed by atoms with van der Waals surface area (Å²) < 4.78 is 14.7. The maximum absolute atomic E-state index is 12.9. The second kappa shape index (κ2) is 8.39. The minimum absolute atomic E-state index is 0.247. The summed E-state index contributed by atoms with van der Waals surface area (Å²) in [5, 5.41) is 11.8. The average molecular weight is 458 g/mol. The van der Waals surface area contributed by atoms with Gasteiger partial charge in [0.25, 0.3) is 0 Å². The van der Waals surface area contributed by atoms with E-state index in [1.807, 2.05) is 43.3 Å². The van der Waals surface area contributed by atoms with Gasteiger partial charge >= 0.3 is 5.69 Å². The van der Waals surface area contributed by atoms with Crippen molar-refractivity contribution in [3.63, 3.8) is 0 Å². The lowest BCUT2D eigenvalue weighted by molar-refractivity contribution is -0.117. The molecule has 10 heteroatoms. The zero-order valence-corrected chi connectivity index (χ0v) is 18.8. The molecule has 34 heavy (non-hydrogen) atoms. The van der Waals surface area contributed by atoms with Gasteiger partial charge in [-0.3, -0.25) is 4.79 Å². The Kier molecular flexibility index (Phi) is 5.25. The second-order valence-corrected chi connectivity index (χ2v) is 7.77. The molecule has 0 fully saturated rings. The topological polar surface area (TPSA) is 104 Å². The van der Waals surface area contributed by atoms with Gasteiger partial charge in [0.1, 0.15) is 23.6 Å². The van der Waals surface area contributed by atoms with Gasteiger partial charge in [-0.25, -0.2) is 18.4 Å². The third-order valence-electron chi connectivity index (χ3n) is 5.50. The van der Waals surface area contributed by atoms with E-state index < -0.39 is 11.6 Å². The predicted octanol–water partition coefficient (Wildman–Crippen LogP) is 2.78. The van der Waals surface area contributed by atoms with E-state index in [2.05, 4.69) is 15.5 Å². The van der Waals surface area contributed by atoms with Crippen molar-refractivity contribution in [1.82, 2.24) is 23.8 Å². The molecular formula is C24H22N6O4. The average Bonchev–Trinajstić information content (AvgIpc) is 3.41. The monoisotopic (exact) mass is 458 g/mol. The minimum Gasteiger partial charge on any atom is -0.497 e. The number of fused-ring (bicyclic) bond motifs is 3. The number of aromatic nitrogens is 5. The molecule has 0 atom stereocenters. The molecule has 0 unspecified atom stereocenters. The van der Waals surface area contributed by atoms with Gasteiger partial charge in [0, 0.05) is 18.0 Å². The number of rotatable bonds is 6. The lowest BCUT2D eigenvalue weighted by Gasteiger charge is -2.10. The first kappa shape index (κ1) is 21.3. The van der Waals surface area contributed by atoms with Crippen molar-refractivity contribution in [2.75, 3.05) is 19.5 Å². The molecule has 172 valence electrons. The number of benzene rings is 2. The number of hydrogen-bond donors (Lipinski definition) is 1. The van der Waals surface area contributed by atoms with E-state index in [4.69, 9.17) is 9.47 Å². The van der Waals surface area contributed by atoms with Gasteiger partial charge in [0.15, 0.2) is 5.65 Å². The van der Waals surface area contributed by atoms with Gasteiger partial charge in [0.2, 0.25) is 5.91 Å². The van der Waals surface area contributed by atoms with Gasteiger partial charge in [-0.15, -0.1) is 5.10 Å². The number of aryl methyl sites for hydroxylation is 1. The molecule has 2 aromatic carbocycles. The number of nitrogens with zero attached hydrogens (tertiary/aromatic N) is 5. The van der Waals surface area contributed by atoms with Crippen molar-refractivity contribution in [2.24, 2.45) is 0 Å². The molecule has 0 spiro atoms. The zero-order chi connectivity index (χ0) is 23.8. The summed E-state index contributed by atoms with van der Waals surface area (Å²) in [6.45, 7) is 1.67. The van der Waals surface area contributed by atoms with E-state index in [0.717, 1.165) is 27.3 Å². The molecule has 0 bridgehead atoms. The van der Waals surface area contributed by atoms with Crippen molar-refractivity contribution in [3.8, 4) is 22.8 Å². The number of carbonyl (C=O) groups excluding carboxylic acids is 1. The maximum Gasteiger partial charge on any atom is 0.350 e. The SMILES string of the molecule is COc1ccc(-c2cc3c4nn(CC(=O)Nc5cc(C)ccc5OC)c(=O)n4ccn3n2)cc1. The molecule has 0 aliphatic heterocycles. The van der Waals surface area contributed by atoms with Crippen LogP contribution in [0.1, 0.15) is 5.56 Å². The Balaban J connectivity index is 1.47. The molecule has 0 aliphatic carbocycles. The van der Waals surface area contributed by atoms with Gasteiger partial charge in [-0.1, -0.05) is 6.07 Å². The molecule has 0 saturated heterocycles. The molecule has 5 aromatic rings. The number of ether oxygens (including phenoxy) is 2. The Labute approximate surface area is 194 Å². The summed E-state index contributed by atoms with van der Waals surface area (Å²) in [7, 11) is 3.15. The molecule has 1 N–H and O–H groups in total. The van der Waals surface area contributed by atoms with Crippen molar-refractivity contribution in [2.45, 2.75) is 13.5 Å². The zero-order valence-electron chi connectivity index (χ0n) is 18.8. The molecule has 0 radical (unpaired) electrons. The number of nitrogens with one attached hydrogen (secondary N) is 1. The van der Waals surface area contributed by atoms with Crippen LogP contribution in [0.3, 0.4) is 0 Å². The minimum atomic E-state index is -0.420. The summed E-state index contributed by atoms with van der Waals surface area (Å²) >= 11 is 0. The highest BCUT2D eigenvalue weighted by Crippen LogP contribution is 2.25. The van der Waals surface area contributed by atoms with Crippen LogP contribution in [0.15, 0.2) is 65.7 Å². The van der Waals surface area contributed by atoms with E-state index in [1.165, 1.54) is 11.5 Å². The predicted molar refractivity (Wildman–Crippen MR) is 127 cm³/mol. The number of methoxy groups -OCH3 is 2. The Morgan fingerprint density at radius 1 is 1.00 bits per heavy atom. The molecule has 0 aliphatic rings. The second-order valence-electron chi connectivity index (χ2n) is 7.77. The van der Waals surface area contributed by atoms with E-state index in [9.17, 15) is 9.59 Å². The van der Waals surface area contributed by atoms with Gasteiger partial charge in [-0.05, 0) is 55.0 Å². The van der Waals surface area contributed by atoms with E-state index in [0.29, 0.717) is 22.6 Å². The molecule has 3 heterocycles. The molecule has 10 nitrogen and oxygen atoms in total. The van der Waals surface area contributed by atoms with Crippen molar-refractivity contribution < 1.29 is 14.3 Å². The van der Waals surface area contributed by atoms with Crippen LogP contribution < -0.4 is 20.5 Å². The Hall–Kier alpha value is -4.60. The van der Waals surface area contributed by atoms with Gasteiger partial charge < -0.3 is 14.8 Å². The summed E-state index contributed by atoms with van der Waals surface area (Å²) in [4.78, 5) is 25.6. The molecule has 3 aromatic heterocycles. The molecular weight excluding hydrogens is 436 g/mol. The number of carbonyl (C=O) groups is 1. The van der Waals surface area contributed by atoms with E-state index in [1.54, 1.807) is 36.2 Å². The molecule has 1 amide bonds. The smallest absolute Gasteiger partial charge is 0.350 e. The maximum atomic E-state index is 12.9.